The van der Waals surface area contributed by atoms with Crippen molar-refractivity contribution < 1.29 is 22.0 Å². The molecule has 0 unspecified atom stereocenters. The zero-order chi connectivity index (χ0) is 18.3. The third kappa shape index (κ3) is 6.48. The fraction of sp³-hybridized carbons (Fsp3) is 0.588. The van der Waals surface area contributed by atoms with Gasteiger partial charge in [0, 0.05) is 24.7 Å². The van der Waals surface area contributed by atoms with E-state index in [-0.39, 0.29) is 23.9 Å². The molecule has 2 N–H and O–H groups in total. The molecule has 1 saturated carbocycles. The van der Waals surface area contributed by atoms with Crippen molar-refractivity contribution >= 4 is 28.2 Å². The van der Waals surface area contributed by atoms with Crippen LogP contribution in [-0.4, -0.2) is 39.2 Å². The lowest BCUT2D eigenvalue weighted by molar-refractivity contribution is 0.0953. The molecule has 1 fully saturated rings. The van der Waals surface area contributed by atoms with Gasteiger partial charge in [-0.25, -0.2) is 8.42 Å². The lowest BCUT2D eigenvalue weighted by Crippen LogP contribution is -2.36. The summed E-state index contributed by atoms with van der Waals surface area (Å²) in [6, 6.07) is 5.03. The van der Waals surface area contributed by atoms with Gasteiger partial charge in [0.25, 0.3) is 5.91 Å². The van der Waals surface area contributed by atoms with Gasteiger partial charge in [0.05, 0.1) is 4.90 Å². The van der Waals surface area contributed by atoms with E-state index in [0.29, 0.717) is 19.1 Å². The van der Waals surface area contributed by atoms with Gasteiger partial charge >= 0.3 is 5.76 Å². The summed E-state index contributed by atoms with van der Waals surface area (Å²) in [7, 11) is -4.63. The number of benzene rings is 1. The van der Waals surface area contributed by atoms with Gasteiger partial charge in [-0.3, -0.25) is 4.79 Å². The number of halogens is 3. The molecule has 0 bridgehead atoms. The smallest absolute Gasteiger partial charge is 0.341 e. The van der Waals surface area contributed by atoms with Crippen molar-refractivity contribution in [2.24, 2.45) is 0 Å². The summed E-state index contributed by atoms with van der Waals surface area (Å²) < 4.78 is 47.6. The molecule has 1 aliphatic carbocycles. The minimum absolute atomic E-state index is 0. The maximum absolute atomic E-state index is 12.5. The second kappa shape index (κ2) is 10.8. The summed E-state index contributed by atoms with van der Waals surface area (Å²) in [5.41, 5.74) is 0.239. The average molecular weight is 411 g/mol. The summed E-state index contributed by atoms with van der Waals surface area (Å²) in [4.78, 5) is 11.5. The second-order valence-corrected chi connectivity index (χ2v) is 8.15. The van der Waals surface area contributed by atoms with E-state index >= 15 is 0 Å². The van der Waals surface area contributed by atoms with Crippen LogP contribution >= 0.6 is 12.4 Å². The van der Waals surface area contributed by atoms with Gasteiger partial charge in [-0.05, 0) is 37.1 Å². The van der Waals surface area contributed by atoms with Gasteiger partial charge in [-0.2, -0.15) is 8.78 Å². The molecule has 1 amide bonds. The summed E-state index contributed by atoms with van der Waals surface area (Å²) in [6.07, 6.45) is 7.36. The maximum atomic E-state index is 12.5. The second-order valence-electron chi connectivity index (χ2n) is 6.23. The summed E-state index contributed by atoms with van der Waals surface area (Å²) in [5, 5.41) is 6.17. The topological polar surface area (TPSA) is 75.3 Å². The highest BCUT2D eigenvalue weighted by atomic mass is 35.5. The quantitative estimate of drug-likeness (QED) is 0.535. The maximum Gasteiger partial charge on any atom is 0.341 e. The van der Waals surface area contributed by atoms with E-state index in [0.717, 1.165) is 25.0 Å². The van der Waals surface area contributed by atoms with Crippen molar-refractivity contribution in [2.45, 2.75) is 55.2 Å². The predicted molar refractivity (Wildman–Crippen MR) is 98.7 cm³/mol. The fourth-order valence-corrected chi connectivity index (χ4v) is 3.66. The van der Waals surface area contributed by atoms with Gasteiger partial charge in [0.15, 0.2) is 0 Å². The molecule has 0 aromatic heterocycles. The Bertz CT molecular complexity index is 661. The molecule has 0 saturated heterocycles. The van der Waals surface area contributed by atoms with Crippen molar-refractivity contribution in [3.8, 4) is 0 Å². The molecule has 1 aromatic carbocycles. The molecule has 0 spiro atoms. The third-order valence-electron chi connectivity index (χ3n) is 4.38. The highest BCUT2D eigenvalue weighted by Crippen LogP contribution is 2.19. The minimum Gasteiger partial charge on any atom is -0.351 e. The summed E-state index contributed by atoms with van der Waals surface area (Å²) >= 11 is 0. The van der Waals surface area contributed by atoms with E-state index in [2.05, 4.69) is 10.6 Å². The molecule has 0 radical (unpaired) electrons. The number of carbonyl (C=O) groups is 1. The molecular formula is C17H25ClF2N2O3S. The van der Waals surface area contributed by atoms with Crippen LogP contribution in [0.25, 0.3) is 0 Å². The van der Waals surface area contributed by atoms with Crippen molar-refractivity contribution in [3.05, 3.63) is 29.8 Å². The van der Waals surface area contributed by atoms with Crippen LogP contribution in [0.3, 0.4) is 0 Å². The zero-order valence-electron chi connectivity index (χ0n) is 14.4. The molecule has 1 aromatic rings. The lowest BCUT2D eigenvalue weighted by Gasteiger charge is -2.16. The number of nitrogens with one attached hydrogen (secondary N) is 2. The molecule has 1 aliphatic rings. The largest absolute Gasteiger partial charge is 0.351 e. The van der Waals surface area contributed by atoms with E-state index < -0.39 is 20.5 Å². The molecule has 2 rings (SSSR count). The van der Waals surface area contributed by atoms with Crippen LogP contribution in [0.15, 0.2) is 29.2 Å². The zero-order valence-corrected chi connectivity index (χ0v) is 16.1. The Hall–Kier alpha value is -1.25. The van der Waals surface area contributed by atoms with E-state index in [1.165, 1.54) is 37.8 Å². The number of amides is 1. The number of alkyl halides is 2. The number of hydrogen-bond acceptors (Lipinski definition) is 4. The molecule has 9 heteroatoms. The average Bonchev–Trinajstić information content (AvgIpc) is 2.87. The van der Waals surface area contributed by atoms with Crippen LogP contribution in [0.2, 0.25) is 0 Å². The molecule has 148 valence electrons. The van der Waals surface area contributed by atoms with Crippen LogP contribution < -0.4 is 10.6 Å². The molecular weight excluding hydrogens is 386 g/mol. The molecule has 0 heterocycles. The Kier molecular flexibility index (Phi) is 9.46. The van der Waals surface area contributed by atoms with E-state index in [4.69, 9.17) is 0 Å². The molecule has 5 nitrogen and oxygen atoms in total. The van der Waals surface area contributed by atoms with Gasteiger partial charge in [0.2, 0.25) is 9.84 Å². The van der Waals surface area contributed by atoms with E-state index in [1.54, 1.807) is 0 Å². The molecule has 26 heavy (non-hydrogen) atoms. The van der Waals surface area contributed by atoms with Crippen molar-refractivity contribution in [1.82, 2.24) is 10.6 Å². The highest BCUT2D eigenvalue weighted by molar-refractivity contribution is 7.91. The van der Waals surface area contributed by atoms with Gasteiger partial charge in [0.1, 0.15) is 0 Å². The Morgan fingerprint density at radius 1 is 1.04 bits per heavy atom. The monoisotopic (exact) mass is 410 g/mol. The fourth-order valence-electron chi connectivity index (χ4n) is 2.94. The number of rotatable bonds is 7. The lowest BCUT2D eigenvalue weighted by atomic mass is 10.1. The van der Waals surface area contributed by atoms with Crippen LogP contribution in [0.4, 0.5) is 8.78 Å². The first kappa shape index (κ1) is 22.8. The molecule has 0 atom stereocenters. The molecule has 0 aliphatic heterocycles. The van der Waals surface area contributed by atoms with Gasteiger partial charge < -0.3 is 10.6 Å². The predicted octanol–water partition coefficient (Wildman–Crippen LogP) is 3.15. The Labute approximate surface area is 159 Å². The Morgan fingerprint density at radius 3 is 2.15 bits per heavy atom. The number of hydrogen-bond donors (Lipinski definition) is 2. The summed E-state index contributed by atoms with van der Waals surface area (Å²) in [5.74, 6) is -3.83. The summed E-state index contributed by atoms with van der Waals surface area (Å²) in [6.45, 7) is 1.11. The van der Waals surface area contributed by atoms with Crippen LogP contribution in [0, 0.1) is 0 Å². The van der Waals surface area contributed by atoms with Crippen molar-refractivity contribution in [1.29, 1.82) is 0 Å². The van der Waals surface area contributed by atoms with Crippen LogP contribution in [-0.2, 0) is 9.84 Å². The SMILES string of the molecule is Cl.O=C(NCCNC1CCCCCC1)c1ccc(S(=O)(=O)C(F)F)cc1. The van der Waals surface area contributed by atoms with E-state index in [1.807, 2.05) is 0 Å². The van der Waals surface area contributed by atoms with Crippen LogP contribution in [0.5, 0.6) is 0 Å². The number of carbonyl (C=O) groups excluding carboxylic acids is 1. The number of sulfone groups is 1. The first-order valence-corrected chi connectivity index (χ1v) is 10.1. The van der Waals surface area contributed by atoms with Gasteiger partial charge in [-0.1, -0.05) is 25.7 Å². The first-order chi connectivity index (χ1) is 11.9. The Balaban J connectivity index is 0.00000338. The first-order valence-electron chi connectivity index (χ1n) is 8.55. The van der Waals surface area contributed by atoms with Crippen molar-refractivity contribution in [3.63, 3.8) is 0 Å². The highest BCUT2D eigenvalue weighted by Gasteiger charge is 2.26. The van der Waals surface area contributed by atoms with Gasteiger partial charge in [-0.15, -0.1) is 12.4 Å². The van der Waals surface area contributed by atoms with E-state index in [9.17, 15) is 22.0 Å². The third-order valence-corrected chi connectivity index (χ3v) is 5.78. The Morgan fingerprint density at radius 2 is 1.62 bits per heavy atom. The minimum atomic E-state index is -4.63. The normalized spacial score (nSPS) is 16.0. The standard InChI is InChI=1S/C17H24F2N2O3S.ClH/c18-17(19)25(23,24)15-9-7-13(8-10-15)16(22)21-12-11-20-14-5-3-1-2-4-6-14;/h7-10,14,17,20H,1-6,11-12H2,(H,21,22);1H. The van der Waals surface area contributed by atoms with Crippen molar-refractivity contribution in [2.75, 3.05) is 13.1 Å². The van der Waals surface area contributed by atoms with Crippen LogP contribution in [0.1, 0.15) is 48.9 Å².